The highest BCUT2D eigenvalue weighted by Gasteiger charge is 2.16. The van der Waals surface area contributed by atoms with Crippen molar-refractivity contribution in [2.24, 2.45) is 4.99 Å². The number of nitrogens with zero attached hydrogens (tertiary/aromatic N) is 1. The van der Waals surface area contributed by atoms with Crippen LogP contribution in [0.5, 0.6) is 5.75 Å². The van der Waals surface area contributed by atoms with Gasteiger partial charge in [-0.1, -0.05) is 12.1 Å². The summed E-state index contributed by atoms with van der Waals surface area (Å²) in [6.07, 6.45) is 0.584. The van der Waals surface area contributed by atoms with E-state index in [9.17, 15) is 8.78 Å². The zero-order valence-electron chi connectivity index (χ0n) is 15.6. The van der Waals surface area contributed by atoms with E-state index in [2.05, 4.69) is 15.6 Å². The molecule has 1 heterocycles. The Labute approximate surface area is 180 Å². The lowest BCUT2D eigenvalue weighted by Crippen LogP contribution is -2.38. The largest absolute Gasteiger partial charge is 0.467 e. The molecule has 152 valence electrons. The number of ether oxygens (including phenoxy) is 2. The van der Waals surface area contributed by atoms with Crippen molar-refractivity contribution in [1.82, 2.24) is 10.6 Å². The van der Waals surface area contributed by atoms with Gasteiger partial charge in [0.25, 0.3) is 0 Å². The van der Waals surface area contributed by atoms with Crippen molar-refractivity contribution in [3.63, 3.8) is 0 Å². The van der Waals surface area contributed by atoms with Crippen molar-refractivity contribution in [3.05, 3.63) is 64.7 Å². The minimum absolute atomic E-state index is 0. The van der Waals surface area contributed by atoms with Crippen LogP contribution in [0.25, 0.3) is 0 Å². The smallest absolute Gasteiger partial charge is 0.191 e. The molecule has 1 aliphatic rings. The molecule has 0 aromatic heterocycles. The maximum absolute atomic E-state index is 13.8. The molecule has 0 saturated carbocycles. The number of halogens is 3. The lowest BCUT2D eigenvalue weighted by molar-refractivity contribution is -0.0172. The van der Waals surface area contributed by atoms with Crippen LogP contribution in [0.2, 0.25) is 0 Å². The average molecular weight is 503 g/mol. The number of fused-ring (bicyclic) bond motifs is 1. The Morgan fingerprint density at radius 1 is 1.11 bits per heavy atom. The fourth-order valence-corrected chi connectivity index (χ4v) is 2.86. The van der Waals surface area contributed by atoms with Gasteiger partial charge in [0.05, 0.1) is 13.2 Å². The van der Waals surface area contributed by atoms with Crippen molar-refractivity contribution in [3.8, 4) is 5.75 Å². The SMILES string of the molecule is CCNC(=NCc1ccc(F)cc1)NCCc1cc(F)cc2c1OCOC2.I. The van der Waals surface area contributed by atoms with Gasteiger partial charge in [0.15, 0.2) is 12.8 Å². The zero-order chi connectivity index (χ0) is 19.1. The van der Waals surface area contributed by atoms with Crippen LogP contribution in [-0.4, -0.2) is 25.8 Å². The van der Waals surface area contributed by atoms with E-state index in [1.54, 1.807) is 12.1 Å². The molecule has 8 heteroatoms. The molecule has 0 atom stereocenters. The molecule has 2 N–H and O–H groups in total. The van der Waals surface area contributed by atoms with Crippen LogP contribution in [0.15, 0.2) is 41.4 Å². The maximum Gasteiger partial charge on any atom is 0.191 e. The standard InChI is InChI=1S/C20H23F2N3O2.HI/c1-2-23-20(25-11-14-3-5-17(21)6-4-14)24-8-7-15-9-18(22)10-16-12-26-13-27-19(15)16;/h3-6,9-10H,2,7-8,11-13H2,1H3,(H2,23,24,25);1H. The topological polar surface area (TPSA) is 54.9 Å². The molecular formula is C20H24F2IN3O2. The van der Waals surface area contributed by atoms with Gasteiger partial charge in [0.1, 0.15) is 17.4 Å². The highest BCUT2D eigenvalue weighted by atomic mass is 127. The van der Waals surface area contributed by atoms with Crippen LogP contribution in [-0.2, 0) is 24.3 Å². The summed E-state index contributed by atoms with van der Waals surface area (Å²) in [4.78, 5) is 4.50. The van der Waals surface area contributed by atoms with E-state index < -0.39 is 0 Å². The number of benzene rings is 2. The second kappa shape index (κ2) is 11.2. The van der Waals surface area contributed by atoms with Gasteiger partial charge in [-0.05, 0) is 48.7 Å². The molecule has 0 unspecified atom stereocenters. The van der Waals surface area contributed by atoms with Gasteiger partial charge >= 0.3 is 0 Å². The highest BCUT2D eigenvalue weighted by Crippen LogP contribution is 2.29. The van der Waals surface area contributed by atoms with Gasteiger partial charge in [0, 0.05) is 18.7 Å². The minimum Gasteiger partial charge on any atom is -0.467 e. The lowest BCUT2D eigenvalue weighted by atomic mass is 10.1. The Morgan fingerprint density at radius 3 is 2.64 bits per heavy atom. The zero-order valence-corrected chi connectivity index (χ0v) is 18.0. The number of hydrogen-bond donors (Lipinski definition) is 2. The second-order valence-corrected chi connectivity index (χ2v) is 6.16. The third-order valence-corrected chi connectivity index (χ3v) is 4.12. The Balaban J connectivity index is 0.00000280. The van der Waals surface area contributed by atoms with Crippen LogP contribution < -0.4 is 15.4 Å². The van der Waals surface area contributed by atoms with Crippen LogP contribution >= 0.6 is 24.0 Å². The number of guanidine groups is 1. The van der Waals surface area contributed by atoms with E-state index in [0.717, 1.165) is 16.7 Å². The molecule has 5 nitrogen and oxygen atoms in total. The molecule has 0 fully saturated rings. The summed E-state index contributed by atoms with van der Waals surface area (Å²) < 4.78 is 37.5. The Hall–Kier alpha value is -1.94. The predicted molar refractivity (Wildman–Crippen MR) is 115 cm³/mol. The summed E-state index contributed by atoms with van der Waals surface area (Å²) in [5, 5.41) is 6.40. The monoisotopic (exact) mass is 503 g/mol. The first kappa shape index (κ1) is 22.4. The molecule has 0 aliphatic carbocycles. The number of rotatable bonds is 6. The molecule has 28 heavy (non-hydrogen) atoms. The van der Waals surface area contributed by atoms with E-state index in [1.165, 1.54) is 24.3 Å². The summed E-state index contributed by atoms with van der Waals surface area (Å²) in [6, 6.07) is 9.19. The van der Waals surface area contributed by atoms with Gasteiger partial charge < -0.3 is 20.1 Å². The highest BCUT2D eigenvalue weighted by molar-refractivity contribution is 14.0. The predicted octanol–water partition coefficient (Wildman–Crippen LogP) is 3.75. The van der Waals surface area contributed by atoms with E-state index >= 15 is 0 Å². The first-order chi connectivity index (χ1) is 13.2. The molecule has 3 rings (SSSR count). The Kier molecular flexibility index (Phi) is 8.91. The molecule has 0 amide bonds. The quantitative estimate of drug-likeness (QED) is 0.359. The van der Waals surface area contributed by atoms with E-state index in [-0.39, 0.29) is 42.4 Å². The number of hydrogen-bond acceptors (Lipinski definition) is 3. The third kappa shape index (κ3) is 6.30. The lowest BCUT2D eigenvalue weighted by Gasteiger charge is -2.21. The minimum atomic E-state index is -0.297. The molecule has 2 aromatic carbocycles. The van der Waals surface area contributed by atoms with E-state index in [0.29, 0.717) is 44.4 Å². The molecule has 0 radical (unpaired) electrons. The van der Waals surface area contributed by atoms with Gasteiger partial charge in [-0.25, -0.2) is 13.8 Å². The summed E-state index contributed by atoms with van der Waals surface area (Å²) in [5.41, 5.74) is 2.45. The van der Waals surface area contributed by atoms with Gasteiger partial charge in [-0.15, -0.1) is 24.0 Å². The fourth-order valence-electron chi connectivity index (χ4n) is 2.86. The second-order valence-electron chi connectivity index (χ2n) is 6.16. The van der Waals surface area contributed by atoms with Gasteiger partial charge in [-0.3, -0.25) is 0 Å². The van der Waals surface area contributed by atoms with Crippen LogP contribution in [0, 0.1) is 11.6 Å². The summed E-state index contributed by atoms with van der Waals surface area (Å²) >= 11 is 0. The molecular weight excluding hydrogens is 479 g/mol. The van der Waals surface area contributed by atoms with E-state index in [1.807, 2.05) is 6.92 Å². The summed E-state index contributed by atoms with van der Waals surface area (Å²) in [7, 11) is 0. The molecule has 0 saturated heterocycles. The van der Waals surface area contributed by atoms with Crippen LogP contribution in [0.4, 0.5) is 8.78 Å². The number of aliphatic imine (C=N–C) groups is 1. The average Bonchev–Trinajstić information content (AvgIpc) is 2.67. The first-order valence-electron chi connectivity index (χ1n) is 8.94. The first-order valence-corrected chi connectivity index (χ1v) is 8.94. The van der Waals surface area contributed by atoms with Crippen molar-refractivity contribution in [1.29, 1.82) is 0 Å². The van der Waals surface area contributed by atoms with Gasteiger partial charge in [0.2, 0.25) is 0 Å². The van der Waals surface area contributed by atoms with Gasteiger partial charge in [-0.2, -0.15) is 0 Å². The molecule has 1 aliphatic heterocycles. The van der Waals surface area contributed by atoms with Crippen molar-refractivity contribution in [2.75, 3.05) is 19.9 Å². The van der Waals surface area contributed by atoms with E-state index in [4.69, 9.17) is 9.47 Å². The van der Waals surface area contributed by atoms with Crippen LogP contribution in [0.1, 0.15) is 23.6 Å². The molecule has 0 bridgehead atoms. The third-order valence-electron chi connectivity index (χ3n) is 4.12. The summed E-state index contributed by atoms with van der Waals surface area (Å²) in [6.45, 7) is 4.23. The molecule has 0 spiro atoms. The maximum atomic E-state index is 13.8. The van der Waals surface area contributed by atoms with Crippen LogP contribution in [0.3, 0.4) is 0 Å². The normalized spacial score (nSPS) is 13.2. The fraction of sp³-hybridized carbons (Fsp3) is 0.350. The Bertz CT molecular complexity index is 801. The number of nitrogens with one attached hydrogen (secondary N) is 2. The molecule has 2 aromatic rings. The van der Waals surface area contributed by atoms with Crippen molar-refractivity contribution in [2.45, 2.75) is 26.5 Å². The Morgan fingerprint density at radius 2 is 1.89 bits per heavy atom. The summed E-state index contributed by atoms with van der Waals surface area (Å²) in [5.74, 6) is 0.794. The van der Waals surface area contributed by atoms with Crippen molar-refractivity contribution >= 4 is 29.9 Å². The van der Waals surface area contributed by atoms with Crippen molar-refractivity contribution < 1.29 is 18.3 Å².